The first-order valence-electron chi connectivity index (χ1n) is 8.36. The second kappa shape index (κ2) is 8.28. The highest BCUT2D eigenvalue weighted by Gasteiger charge is 2.74. The Labute approximate surface area is 144 Å². The van der Waals surface area contributed by atoms with E-state index in [-0.39, 0.29) is 32.8 Å². The highest BCUT2D eigenvalue weighted by Crippen LogP contribution is 2.82. The van der Waals surface area contributed by atoms with Gasteiger partial charge in [0, 0.05) is 5.54 Å². The average Bonchev–Trinajstić information content (AvgIpc) is 2.73. The molecule has 0 atom stereocenters. The maximum Gasteiger partial charge on any atom is 0.365 e. The van der Waals surface area contributed by atoms with Crippen molar-refractivity contribution < 1.29 is 32.4 Å². The summed E-state index contributed by atoms with van der Waals surface area (Å²) in [5.41, 5.74) is -0.895. The first-order valence-corrected chi connectivity index (χ1v) is 11.4. The Morgan fingerprint density at radius 1 is 0.792 bits per heavy atom. The second-order valence-corrected chi connectivity index (χ2v) is 10.9. The van der Waals surface area contributed by atoms with Crippen LogP contribution < -0.4 is 0 Å². The van der Waals surface area contributed by atoms with Gasteiger partial charge in [-0.3, -0.25) is 9.13 Å². The lowest BCUT2D eigenvalue weighted by molar-refractivity contribution is -0.221. The van der Waals surface area contributed by atoms with Gasteiger partial charge in [-0.05, 0) is 54.4 Å². The van der Waals surface area contributed by atoms with Crippen molar-refractivity contribution in [2.45, 2.75) is 64.9 Å². The van der Waals surface area contributed by atoms with Crippen molar-refractivity contribution in [3.8, 4) is 0 Å². The van der Waals surface area contributed by atoms with E-state index in [1.54, 1.807) is 41.5 Å². The van der Waals surface area contributed by atoms with E-state index < -0.39 is 25.8 Å². The summed E-state index contributed by atoms with van der Waals surface area (Å²) in [5, 5.41) is 11.8. The molecule has 1 fully saturated rings. The molecule has 1 heterocycles. The summed E-state index contributed by atoms with van der Waals surface area (Å²) >= 11 is 0. The van der Waals surface area contributed by atoms with Crippen LogP contribution in [0, 0.1) is 0 Å². The molecular formula is C14H30NO7P2. The molecule has 1 aliphatic heterocycles. The molecule has 1 aliphatic rings. The van der Waals surface area contributed by atoms with Gasteiger partial charge in [0.15, 0.2) is 0 Å². The van der Waals surface area contributed by atoms with E-state index in [4.69, 9.17) is 18.1 Å². The lowest BCUT2D eigenvalue weighted by Gasteiger charge is -2.43. The van der Waals surface area contributed by atoms with E-state index in [2.05, 4.69) is 0 Å². The molecular weight excluding hydrogens is 356 g/mol. The van der Waals surface area contributed by atoms with Gasteiger partial charge in [0.25, 0.3) is 5.02 Å². The van der Waals surface area contributed by atoms with Crippen molar-refractivity contribution in [3.05, 3.63) is 0 Å². The normalized spacial score (nSPS) is 21.3. The Morgan fingerprint density at radius 3 is 1.33 bits per heavy atom. The van der Waals surface area contributed by atoms with Crippen molar-refractivity contribution in [3.63, 3.8) is 0 Å². The molecule has 0 aliphatic carbocycles. The molecule has 1 saturated heterocycles. The minimum Gasteiger partial charge on any atom is -0.307 e. The zero-order valence-electron chi connectivity index (χ0n) is 15.4. The molecule has 24 heavy (non-hydrogen) atoms. The van der Waals surface area contributed by atoms with E-state index in [1.807, 2.05) is 0 Å². The molecule has 0 amide bonds. The van der Waals surface area contributed by atoms with Crippen LogP contribution in [-0.2, 0) is 32.4 Å². The van der Waals surface area contributed by atoms with Gasteiger partial charge < -0.3 is 18.1 Å². The van der Waals surface area contributed by atoms with Crippen LogP contribution in [0.3, 0.4) is 0 Å². The summed E-state index contributed by atoms with van der Waals surface area (Å²) in [6.45, 7) is 10.1. The van der Waals surface area contributed by atoms with Gasteiger partial charge in [-0.25, -0.2) is 0 Å². The molecule has 0 aromatic heterocycles. The largest absolute Gasteiger partial charge is 0.365 e. The Hall–Kier alpha value is 0.220. The second-order valence-electron chi connectivity index (χ2n) is 6.05. The summed E-state index contributed by atoms with van der Waals surface area (Å²) in [6.07, 6.45) is 0.406. The highest BCUT2D eigenvalue weighted by atomic mass is 31.2. The fourth-order valence-electron chi connectivity index (χ4n) is 2.98. The zero-order valence-corrected chi connectivity index (χ0v) is 17.2. The maximum absolute atomic E-state index is 13.6. The van der Waals surface area contributed by atoms with Gasteiger partial charge >= 0.3 is 15.2 Å². The summed E-state index contributed by atoms with van der Waals surface area (Å²) in [7, 11) is -8.23. The smallest absolute Gasteiger partial charge is 0.307 e. The zero-order chi connectivity index (χ0) is 18.6. The minimum atomic E-state index is -4.11. The minimum absolute atomic E-state index is 0.0397. The van der Waals surface area contributed by atoms with Crippen LogP contribution in [0.15, 0.2) is 0 Å². The van der Waals surface area contributed by atoms with Crippen molar-refractivity contribution in [2.24, 2.45) is 0 Å². The van der Waals surface area contributed by atoms with Crippen LogP contribution in [0.25, 0.3) is 0 Å². The van der Waals surface area contributed by atoms with Crippen LogP contribution in [-0.4, -0.2) is 42.1 Å². The molecule has 0 spiro atoms. The third-order valence-electron chi connectivity index (χ3n) is 4.02. The lowest BCUT2D eigenvalue weighted by atomic mass is 10.0. The molecule has 10 heteroatoms. The standard InChI is InChI=1S/C14H30NO7P2/c1-7-19-23(17,20-8-2)14(12-11-13(5,6)15(14)16)24(18,21-9-3)22-10-4/h7-12H2,1-6H3. The Balaban J connectivity index is 3.64. The molecule has 1 rings (SSSR count). The topological polar surface area (TPSA) is 94.2 Å². The van der Waals surface area contributed by atoms with Gasteiger partial charge in [0.2, 0.25) is 0 Å². The third-order valence-corrected chi connectivity index (χ3v) is 10.4. The van der Waals surface area contributed by atoms with Gasteiger partial charge in [0.1, 0.15) is 0 Å². The van der Waals surface area contributed by atoms with E-state index in [0.717, 1.165) is 0 Å². The molecule has 143 valence electrons. The van der Waals surface area contributed by atoms with Crippen LogP contribution in [0.4, 0.5) is 0 Å². The van der Waals surface area contributed by atoms with E-state index in [0.29, 0.717) is 11.5 Å². The fraction of sp³-hybridized carbons (Fsp3) is 1.00. The van der Waals surface area contributed by atoms with Gasteiger partial charge in [-0.2, -0.15) is 0 Å². The summed E-state index contributed by atoms with van der Waals surface area (Å²) < 4.78 is 48.9. The molecule has 8 nitrogen and oxygen atoms in total. The Bertz CT molecular complexity index is 461. The first kappa shape index (κ1) is 22.3. The van der Waals surface area contributed by atoms with E-state index in [1.165, 1.54) is 0 Å². The molecule has 0 aromatic carbocycles. The molecule has 0 bridgehead atoms. The number of nitrogens with zero attached hydrogens (tertiary/aromatic N) is 1. The average molecular weight is 386 g/mol. The van der Waals surface area contributed by atoms with Crippen LogP contribution in [0.1, 0.15) is 54.4 Å². The molecule has 1 radical (unpaired) electrons. The third kappa shape index (κ3) is 3.53. The van der Waals surface area contributed by atoms with Crippen molar-refractivity contribution in [2.75, 3.05) is 26.4 Å². The summed E-state index contributed by atoms with van der Waals surface area (Å²) in [5.74, 6) is 0. The van der Waals surface area contributed by atoms with E-state index >= 15 is 0 Å². The molecule has 0 aromatic rings. The monoisotopic (exact) mass is 386 g/mol. The van der Waals surface area contributed by atoms with Crippen LogP contribution >= 0.6 is 15.2 Å². The number of hydrogen-bond acceptors (Lipinski definition) is 7. The van der Waals surface area contributed by atoms with Crippen molar-refractivity contribution in [1.82, 2.24) is 5.06 Å². The highest BCUT2D eigenvalue weighted by molar-refractivity contribution is 7.74. The lowest BCUT2D eigenvalue weighted by Crippen LogP contribution is -2.49. The predicted molar refractivity (Wildman–Crippen MR) is 90.3 cm³/mol. The quantitative estimate of drug-likeness (QED) is 0.514. The Kier molecular flexibility index (Phi) is 7.68. The van der Waals surface area contributed by atoms with Gasteiger partial charge in [-0.15, -0.1) is 10.3 Å². The first-order chi connectivity index (χ1) is 11.1. The number of hydrogen-bond donors (Lipinski definition) is 0. The fourth-order valence-corrected chi connectivity index (χ4v) is 8.96. The molecule has 0 N–H and O–H groups in total. The summed E-state index contributed by atoms with van der Waals surface area (Å²) in [6, 6.07) is 0. The Morgan fingerprint density at radius 2 is 1.12 bits per heavy atom. The summed E-state index contributed by atoms with van der Waals surface area (Å²) in [4.78, 5) is 0. The van der Waals surface area contributed by atoms with Gasteiger partial charge in [0.05, 0.1) is 26.4 Å². The van der Waals surface area contributed by atoms with Gasteiger partial charge in [-0.1, -0.05) is 0 Å². The van der Waals surface area contributed by atoms with Crippen LogP contribution in [0.5, 0.6) is 0 Å². The van der Waals surface area contributed by atoms with Crippen molar-refractivity contribution in [1.29, 1.82) is 0 Å². The number of rotatable bonds is 10. The van der Waals surface area contributed by atoms with E-state index in [9.17, 15) is 14.3 Å². The maximum atomic E-state index is 13.6. The molecule has 0 unspecified atom stereocenters. The SMILES string of the molecule is CCOP(=O)(OCC)C1(P(=O)(OCC)OCC)CCC(C)(C)N1[O]. The van der Waals surface area contributed by atoms with Crippen molar-refractivity contribution >= 4 is 15.2 Å². The predicted octanol–water partition coefficient (Wildman–Crippen LogP) is 4.39. The van der Waals surface area contributed by atoms with Crippen LogP contribution in [0.2, 0.25) is 0 Å². The number of hydroxylamine groups is 2. The molecule has 0 saturated carbocycles.